The first-order valence-electron chi connectivity index (χ1n) is 2.26. The Balaban J connectivity index is 3.46. The van der Waals surface area contributed by atoms with Gasteiger partial charge in [-0.15, -0.1) is 0 Å². The summed E-state index contributed by atoms with van der Waals surface area (Å²) in [7, 11) is 5.15. The largest absolute Gasteiger partial charge is 0.254 e. The van der Waals surface area contributed by atoms with Crippen LogP contribution in [-0.4, -0.2) is 36.5 Å². The van der Waals surface area contributed by atoms with Crippen molar-refractivity contribution in [1.29, 1.82) is 0 Å². The predicted octanol–water partition coefficient (Wildman–Crippen LogP) is -1.64. The van der Waals surface area contributed by atoms with Crippen molar-refractivity contribution in [2.75, 3.05) is 21.1 Å². The van der Waals surface area contributed by atoms with Gasteiger partial charge >= 0.3 is 0 Å². The van der Waals surface area contributed by atoms with Crippen LogP contribution in [0.25, 0.3) is 0 Å². The van der Waals surface area contributed by atoms with Crippen LogP contribution in [0, 0.1) is 0 Å². The Morgan fingerprint density at radius 1 is 0.875 bits per heavy atom. The molecular weight excluding hydrogens is 106 g/mol. The van der Waals surface area contributed by atoms with E-state index >= 15 is 0 Å². The van der Waals surface area contributed by atoms with Crippen LogP contribution in [0.3, 0.4) is 0 Å². The Morgan fingerprint density at radius 3 is 1.12 bits per heavy atom. The van der Waals surface area contributed by atoms with E-state index in [-0.39, 0.29) is 0 Å². The molecule has 0 aromatic heterocycles. The molecule has 0 unspecified atom stereocenters. The van der Waals surface area contributed by atoms with Crippen LogP contribution >= 0.6 is 0 Å². The highest BCUT2D eigenvalue weighted by Crippen LogP contribution is 1.79. The van der Waals surface area contributed by atoms with Crippen molar-refractivity contribution in [3.05, 3.63) is 0 Å². The van der Waals surface area contributed by atoms with E-state index in [0.717, 1.165) is 0 Å². The quantitative estimate of drug-likeness (QED) is 0.337. The molecule has 4 N–H and O–H groups in total. The van der Waals surface area contributed by atoms with Crippen molar-refractivity contribution in [3.8, 4) is 0 Å². The Morgan fingerprint density at radius 2 is 1.12 bits per heavy atom. The Bertz CT molecular complexity index is 52.7. The van der Waals surface area contributed by atoms with Crippen LogP contribution in [0.1, 0.15) is 0 Å². The third-order valence-electron chi connectivity index (χ3n) is 0.913. The van der Waals surface area contributed by atoms with Gasteiger partial charge in [0.25, 0.3) is 0 Å². The second-order valence-corrected chi connectivity index (χ2v) is 1.64. The lowest BCUT2D eigenvalue weighted by Crippen LogP contribution is -2.53. The summed E-state index contributed by atoms with van der Waals surface area (Å²) < 4.78 is 0. The fraction of sp³-hybridized carbons (Fsp3) is 1.00. The van der Waals surface area contributed by atoms with Gasteiger partial charge in [-0.3, -0.25) is 11.7 Å². The summed E-state index contributed by atoms with van der Waals surface area (Å²) in [5, 5.41) is 4.31. The van der Waals surface area contributed by atoms with E-state index in [4.69, 9.17) is 11.7 Å². The topological polar surface area (TPSA) is 61.8 Å². The lowest BCUT2D eigenvalue weighted by atomic mass is 11.2. The molecule has 0 fully saturated rings. The number of rotatable bonds is 2. The zero-order valence-electron chi connectivity index (χ0n) is 5.50. The number of nitrogens with zero attached hydrogens (tertiary/aromatic N) is 3. The number of hydrazine groups is 4. The van der Waals surface area contributed by atoms with Crippen molar-refractivity contribution < 1.29 is 0 Å². The second-order valence-electron chi connectivity index (χ2n) is 1.64. The SMILES string of the molecule is CN(N)N(C)N(C)N. The molecule has 0 aromatic carbocycles. The van der Waals surface area contributed by atoms with Gasteiger partial charge < -0.3 is 0 Å². The molecule has 0 aliphatic carbocycles. The van der Waals surface area contributed by atoms with Gasteiger partial charge in [0.05, 0.1) is 0 Å². The molecule has 0 bridgehead atoms. The maximum absolute atomic E-state index is 5.27. The molecule has 0 spiro atoms. The van der Waals surface area contributed by atoms with Crippen LogP contribution in [0.5, 0.6) is 0 Å². The van der Waals surface area contributed by atoms with Gasteiger partial charge in [0.1, 0.15) is 0 Å². The maximum Gasteiger partial charge on any atom is 0.0206 e. The first-order valence-corrected chi connectivity index (χ1v) is 2.26. The van der Waals surface area contributed by atoms with Gasteiger partial charge in [0, 0.05) is 21.1 Å². The summed E-state index contributed by atoms with van der Waals surface area (Å²) in [5.41, 5.74) is 0. The third kappa shape index (κ3) is 2.20. The molecule has 8 heavy (non-hydrogen) atoms. The molecular formula is C3H13N5. The number of hydrogen-bond donors (Lipinski definition) is 2. The van der Waals surface area contributed by atoms with Crippen molar-refractivity contribution in [3.63, 3.8) is 0 Å². The van der Waals surface area contributed by atoms with E-state index in [1.807, 2.05) is 0 Å². The molecule has 0 radical (unpaired) electrons. The Hall–Kier alpha value is -0.200. The highest BCUT2D eigenvalue weighted by atomic mass is 16.0. The number of hydrogen-bond acceptors (Lipinski definition) is 5. The summed E-state index contributed by atoms with van der Waals surface area (Å²) in [6, 6.07) is 0. The minimum atomic E-state index is 1.38. The molecule has 0 aliphatic heterocycles. The van der Waals surface area contributed by atoms with Gasteiger partial charge in [0.15, 0.2) is 0 Å². The molecule has 0 saturated heterocycles. The molecule has 0 rings (SSSR count). The normalized spacial score (nSPS) is 12.0. The van der Waals surface area contributed by atoms with Gasteiger partial charge in [-0.1, -0.05) is 0 Å². The van der Waals surface area contributed by atoms with Crippen LogP contribution < -0.4 is 11.7 Å². The molecule has 50 valence electrons. The first-order chi connectivity index (χ1) is 3.55. The summed E-state index contributed by atoms with van der Waals surface area (Å²) in [4.78, 5) is 0. The Kier molecular flexibility index (Phi) is 2.88. The molecule has 0 atom stereocenters. The molecule has 5 nitrogen and oxygen atoms in total. The van der Waals surface area contributed by atoms with Crippen molar-refractivity contribution in [2.24, 2.45) is 11.7 Å². The summed E-state index contributed by atoms with van der Waals surface area (Å²) >= 11 is 0. The average Bonchev–Trinajstić information content (AvgIpc) is 1.64. The summed E-state index contributed by atoms with van der Waals surface area (Å²) in [6.45, 7) is 0. The highest BCUT2D eigenvalue weighted by molar-refractivity contribution is 4.22. The zero-order valence-corrected chi connectivity index (χ0v) is 5.50. The standard InChI is InChI=1S/C3H13N5/c1-6(4)8(3)7(2)5/h4-5H2,1-3H3. The molecule has 0 aromatic rings. The molecule has 5 heteroatoms. The van der Waals surface area contributed by atoms with Crippen LogP contribution in [-0.2, 0) is 0 Å². The maximum atomic E-state index is 5.27. The molecule has 0 saturated carbocycles. The van der Waals surface area contributed by atoms with Gasteiger partial charge in [0.2, 0.25) is 0 Å². The lowest BCUT2D eigenvalue weighted by molar-refractivity contribution is -0.142. The number of nitrogens with two attached hydrogens (primary N) is 2. The molecule has 0 aliphatic rings. The predicted molar refractivity (Wildman–Crippen MR) is 31.7 cm³/mol. The second kappa shape index (κ2) is 2.95. The Labute approximate surface area is 49.3 Å². The molecule has 0 amide bonds. The van der Waals surface area contributed by atoms with Crippen molar-refractivity contribution >= 4 is 0 Å². The monoisotopic (exact) mass is 119 g/mol. The van der Waals surface area contributed by atoms with Crippen LogP contribution in [0.15, 0.2) is 0 Å². The third-order valence-corrected chi connectivity index (χ3v) is 0.913. The van der Waals surface area contributed by atoms with Gasteiger partial charge in [-0.25, -0.2) is 0 Å². The highest BCUT2D eigenvalue weighted by Gasteiger charge is 2.00. The van der Waals surface area contributed by atoms with E-state index in [1.165, 1.54) is 10.2 Å². The van der Waals surface area contributed by atoms with E-state index in [1.54, 1.807) is 26.3 Å². The summed E-state index contributed by atoms with van der Waals surface area (Å²) in [6.07, 6.45) is 0. The lowest BCUT2D eigenvalue weighted by Gasteiger charge is -2.28. The van der Waals surface area contributed by atoms with E-state index in [9.17, 15) is 0 Å². The van der Waals surface area contributed by atoms with Gasteiger partial charge in [-0.05, 0) is 0 Å². The fourth-order valence-corrected chi connectivity index (χ4v) is 0.223. The average molecular weight is 119 g/mol. The summed E-state index contributed by atoms with van der Waals surface area (Å²) in [5.74, 6) is 10.5. The van der Waals surface area contributed by atoms with Crippen molar-refractivity contribution in [1.82, 2.24) is 15.4 Å². The minimum absolute atomic E-state index is 1.38. The minimum Gasteiger partial charge on any atom is -0.254 e. The fourth-order valence-electron chi connectivity index (χ4n) is 0.223. The van der Waals surface area contributed by atoms with Crippen molar-refractivity contribution in [2.45, 2.75) is 0 Å². The smallest absolute Gasteiger partial charge is 0.0206 e. The first kappa shape index (κ1) is 7.80. The zero-order chi connectivity index (χ0) is 6.73. The van der Waals surface area contributed by atoms with E-state index < -0.39 is 0 Å². The van der Waals surface area contributed by atoms with Crippen LogP contribution in [0.2, 0.25) is 0 Å². The van der Waals surface area contributed by atoms with E-state index in [0.29, 0.717) is 0 Å². The van der Waals surface area contributed by atoms with Gasteiger partial charge in [-0.2, -0.15) is 15.4 Å². The van der Waals surface area contributed by atoms with Crippen LogP contribution in [0.4, 0.5) is 0 Å². The van der Waals surface area contributed by atoms with E-state index in [2.05, 4.69) is 0 Å². The molecule has 0 heterocycles.